The second-order valence-corrected chi connectivity index (χ2v) is 6.59. The van der Waals surface area contributed by atoms with E-state index in [4.69, 9.17) is 4.74 Å². The Hall–Kier alpha value is -1.75. The van der Waals surface area contributed by atoms with Gasteiger partial charge in [0.25, 0.3) is 0 Å². The van der Waals surface area contributed by atoms with Crippen molar-refractivity contribution in [1.29, 1.82) is 0 Å². The lowest BCUT2D eigenvalue weighted by molar-refractivity contribution is -0.118. The SMILES string of the molecule is CC(=O)NCCNC(C)Cc1ccc2c(c1)NCC(C)(C)O2. The van der Waals surface area contributed by atoms with E-state index in [0.717, 1.165) is 30.9 Å². The number of hydrogen-bond acceptors (Lipinski definition) is 4. The average Bonchev–Trinajstić information content (AvgIpc) is 2.43. The van der Waals surface area contributed by atoms with Crippen LogP contribution in [0.4, 0.5) is 5.69 Å². The fourth-order valence-electron chi connectivity index (χ4n) is 2.56. The summed E-state index contributed by atoms with van der Waals surface area (Å²) in [5.41, 5.74) is 2.18. The minimum atomic E-state index is -0.160. The zero-order valence-corrected chi connectivity index (χ0v) is 14.0. The highest BCUT2D eigenvalue weighted by molar-refractivity contribution is 5.72. The third-order valence-electron chi connectivity index (χ3n) is 3.67. The third kappa shape index (κ3) is 4.91. The van der Waals surface area contributed by atoms with E-state index in [0.29, 0.717) is 12.6 Å². The molecule has 0 fully saturated rings. The van der Waals surface area contributed by atoms with Gasteiger partial charge in [0, 0.05) is 26.1 Å². The molecule has 1 atom stereocenters. The predicted octanol–water partition coefficient (Wildman–Crippen LogP) is 1.93. The van der Waals surface area contributed by atoms with Crippen molar-refractivity contribution in [3.8, 4) is 5.75 Å². The maximum Gasteiger partial charge on any atom is 0.216 e. The van der Waals surface area contributed by atoms with Crippen LogP contribution in [-0.4, -0.2) is 37.2 Å². The number of carbonyl (C=O) groups excluding carboxylic acids is 1. The Morgan fingerprint density at radius 2 is 2.18 bits per heavy atom. The van der Waals surface area contributed by atoms with Crippen LogP contribution in [0.2, 0.25) is 0 Å². The molecule has 2 rings (SSSR count). The molecule has 0 aliphatic carbocycles. The average molecular weight is 305 g/mol. The van der Waals surface area contributed by atoms with Crippen molar-refractivity contribution in [1.82, 2.24) is 10.6 Å². The molecule has 0 spiro atoms. The molecular weight excluding hydrogens is 278 g/mol. The summed E-state index contributed by atoms with van der Waals surface area (Å²) in [7, 11) is 0. The first-order valence-corrected chi connectivity index (χ1v) is 7.89. The van der Waals surface area contributed by atoms with E-state index >= 15 is 0 Å². The van der Waals surface area contributed by atoms with E-state index in [1.807, 2.05) is 6.07 Å². The first-order chi connectivity index (χ1) is 10.4. The lowest BCUT2D eigenvalue weighted by Gasteiger charge is -2.33. The van der Waals surface area contributed by atoms with Crippen LogP contribution in [0, 0.1) is 0 Å². The number of hydrogen-bond donors (Lipinski definition) is 3. The second kappa shape index (κ2) is 7.01. The van der Waals surface area contributed by atoms with Gasteiger partial charge in [-0.25, -0.2) is 0 Å². The van der Waals surface area contributed by atoms with Gasteiger partial charge in [-0.2, -0.15) is 0 Å². The minimum absolute atomic E-state index is 0.0122. The standard InChI is InChI=1S/C17H27N3O2/c1-12(18-7-8-19-13(2)21)9-14-5-6-16-15(10-14)20-11-17(3,4)22-16/h5-6,10,12,18,20H,7-9,11H2,1-4H3,(H,19,21). The molecule has 0 radical (unpaired) electrons. The molecule has 5 heteroatoms. The summed E-state index contributed by atoms with van der Waals surface area (Å²) in [6, 6.07) is 6.68. The zero-order valence-electron chi connectivity index (χ0n) is 14.0. The Labute approximate surface area is 132 Å². The van der Waals surface area contributed by atoms with Crippen molar-refractivity contribution in [3.63, 3.8) is 0 Å². The highest BCUT2D eigenvalue weighted by Gasteiger charge is 2.26. The minimum Gasteiger partial charge on any atom is -0.484 e. The van der Waals surface area contributed by atoms with Gasteiger partial charge in [-0.15, -0.1) is 0 Å². The van der Waals surface area contributed by atoms with Crippen LogP contribution in [0.25, 0.3) is 0 Å². The predicted molar refractivity (Wildman–Crippen MR) is 89.5 cm³/mol. The molecule has 0 saturated heterocycles. The van der Waals surface area contributed by atoms with Crippen molar-refractivity contribution < 1.29 is 9.53 Å². The van der Waals surface area contributed by atoms with Crippen LogP contribution < -0.4 is 20.7 Å². The number of nitrogens with one attached hydrogen (secondary N) is 3. The fraction of sp³-hybridized carbons (Fsp3) is 0.588. The maximum atomic E-state index is 10.8. The van der Waals surface area contributed by atoms with Gasteiger partial charge in [0.1, 0.15) is 11.4 Å². The molecule has 1 aliphatic heterocycles. The maximum absolute atomic E-state index is 10.8. The van der Waals surface area contributed by atoms with Crippen molar-refractivity contribution >= 4 is 11.6 Å². The van der Waals surface area contributed by atoms with E-state index in [1.54, 1.807) is 0 Å². The monoisotopic (exact) mass is 305 g/mol. The van der Waals surface area contributed by atoms with E-state index in [2.05, 4.69) is 48.9 Å². The Morgan fingerprint density at radius 3 is 2.91 bits per heavy atom. The lowest BCUT2D eigenvalue weighted by atomic mass is 10.0. The number of rotatable bonds is 6. The van der Waals surface area contributed by atoms with Crippen molar-refractivity contribution in [2.24, 2.45) is 0 Å². The molecule has 1 aromatic rings. The van der Waals surface area contributed by atoms with Crippen LogP contribution >= 0.6 is 0 Å². The summed E-state index contributed by atoms with van der Waals surface area (Å²) in [6.07, 6.45) is 0.943. The summed E-state index contributed by atoms with van der Waals surface area (Å²) >= 11 is 0. The quantitative estimate of drug-likeness (QED) is 0.703. The molecule has 5 nitrogen and oxygen atoms in total. The smallest absolute Gasteiger partial charge is 0.216 e. The molecule has 122 valence electrons. The number of fused-ring (bicyclic) bond motifs is 1. The Bertz CT molecular complexity index is 529. The number of amides is 1. The van der Waals surface area contributed by atoms with Gasteiger partial charge < -0.3 is 20.7 Å². The number of anilines is 1. The number of ether oxygens (including phenoxy) is 1. The normalized spacial score (nSPS) is 16.9. The topological polar surface area (TPSA) is 62.4 Å². The number of carbonyl (C=O) groups is 1. The molecule has 1 unspecified atom stereocenters. The van der Waals surface area contributed by atoms with E-state index in [9.17, 15) is 4.79 Å². The summed E-state index contributed by atoms with van der Waals surface area (Å²) in [6.45, 7) is 10.1. The van der Waals surface area contributed by atoms with E-state index in [1.165, 1.54) is 12.5 Å². The molecule has 1 aromatic carbocycles. The van der Waals surface area contributed by atoms with Gasteiger partial charge in [-0.3, -0.25) is 4.79 Å². The van der Waals surface area contributed by atoms with Crippen molar-refractivity contribution in [3.05, 3.63) is 23.8 Å². The molecule has 0 aromatic heterocycles. The van der Waals surface area contributed by atoms with E-state index in [-0.39, 0.29) is 11.5 Å². The van der Waals surface area contributed by atoms with Crippen LogP contribution in [0.5, 0.6) is 5.75 Å². The van der Waals surface area contributed by atoms with Gasteiger partial charge >= 0.3 is 0 Å². The fourth-order valence-corrected chi connectivity index (χ4v) is 2.56. The summed E-state index contributed by atoms with van der Waals surface area (Å²) in [5, 5.41) is 9.64. The van der Waals surface area contributed by atoms with E-state index < -0.39 is 0 Å². The second-order valence-electron chi connectivity index (χ2n) is 6.59. The Kier molecular flexibility index (Phi) is 5.29. The molecule has 0 bridgehead atoms. The van der Waals surface area contributed by atoms with Crippen LogP contribution in [0.1, 0.15) is 33.3 Å². The highest BCUT2D eigenvalue weighted by Crippen LogP contribution is 2.33. The molecule has 1 amide bonds. The van der Waals surface area contributed by atoms with Gasteiger partial charge in [0.05, 0.1) is 12.2 Å². The van der Waals surface area contributed by atoms with Crippen LogP contribution in [0.3, 0.4) is 0 Å². The Morgan fingerprint density at radius 1 is 1.41 bits per heavy atom. The molecule has 0 saturated carbocycles. The summed E-state index contributed by atoms with van der Waals surface area (Å²) < 4.78 is 5.96. The van der Waals surface area contributed by atoms with Crippen molar-refractivity contribution in [2.75, 3.05) is 25.0 Å². The van der Waals surface area contributed by atoms with Gasteiger partial charge in [-0.05, 0) is 44.9 Å². The largest absolute Gasteiger partial charge is 0.484 e. The van der Waals surface area contributed by atoms with Crippen molar-refractivity contribution in [2.45, 2.75) is 45.8 Å². The first kappa shape index (κ1) is 16.6. The molecule has 1 aliphatic rings. The van der Waals surface area contributed by atoms with Crippen LogP contribution in [-0.2, 0) is 11.2 Å². The van der Waals surface area contributed by atoms with Crippen LogP contribution in [0.15, 0.2) is 18.2 Å². The molecule has 3 N–H and O–H groups in total. The molecule has 22 heavy (non-hydrogen) atoms. The van der Waals surface area contributed by atoms with Gasteiger partial charge in [0.15, 0.2) is 0 Å². The molecule has 1 heterocycles. The molecular formula is C17H27N3O2. The Balaban J connectivity index is 1.85. The first-order valence-electron chi connectivity index (χ1n) is 7.89. The third-order valence-corrected chi connectivity index (χ3v) is 3.67. The summed E-state index contributed by atoms with van der Waals surface area (Å²) in [4.78, 5) is 10.8. The highest BCUT2D eigenvalue weighted by atomic mass is 16.5. The van der Waals surface area contributed by atoms with Gasteiger partial charge in [-0.1, -0.05) is 6.07 Å². The van der Waals surface area contributed by atoms with Gasteiger partial charge in [0.2, 0.25) is 5.91 Å². The summed E-state index contributed by atoms with van der Waals surface area (Å²) in [5.74, 6) is 0.935. The zero-order chi connectivity index (χ0) is 16.2. The lowest BCUT2D eigenvalue weighted by Crippen LogP contribution is -2.40. The number of benzene rings is 1.